The van der Waals surface area contributed by atoms with Crippen LogP contribution in [0.15, 0.2) is 36.5 Å². The van der Waals surface area contributed by atoms with Crippen LogP contribution in [0.3, 0.4) is 0 Å². The second-order valence-electron chi connectivity index (χ2n) is 4.42. The smallest absolute Gasteiger partial charge is 0.328 e. The summed E-state index contributed by atoms with van der Waals surface area (Å²) in [7, 11) is 0. The van der Waals surface area contributed by atoms with Gasteiger partial charge < -0.3 is 5.11 Å². The molecule has 0 aliphatic heterocycles. The molecule has 0 amide bonds. The maximum absolute atomic E-state index is 10.2. The highest BCUT2D eigenvalue weighted by molar-refractivity contribution is 5.80. The van der Waals surface area contributed by atoms with Crippen molar-refractivity contribution < 1.29 is 9.90 Å². The van der Waals surface area contributed by atoms with Gasteiger partial charge in [0.2, 0.25) is 0 Å². The summed E-state index contributed by atoms with van der Waals surface area (Å²) in [5.74, 6) is -0.910. The van der Waals surface area contributed by atoms with Crippen LogP contribution >= 0.6 is 0 Å². The average molecular weight is 250 g/mol. The Hall–Kier alpha value is -1.31. The first-order valence-electron chi connectivity index (χ1n) is 7.00. The first-order chi connectivity index (χ1) is 8.77. The summed E-state index contributed by atoms with van der Waals surface area (Å²) in [6.45, 7) is 2.24. The Morgan fingerprint density at radius 3 is 2.17 bits per heavy atom. The van der Waals surface area contributed by atoms with Gasteiger partial charge in [0.1, 0.15) is 0 Å². The first kappa shape index (κ1) is 16.7. The van der Waals surface area contributed by atoms with Crippen LogP contribution in [-0.2, 0) is 4.79 Å². The Bertz CT molecular complexity index is 275. The lowest BCUT2D eigenvalue weighted by atomic mass is 10.1. The third kappa shape index (κ3) is 14.7. The molecular weight excluding hydrogens is 224 g/mol. The molecule has 0 aromatic heterocycles. The van der Waals surface area contributed by atoms with Gasteiger partial charge in [-0.15, -0.1) is 0 Å². The molecule has 0 aromatic rings. The van der Waals surface area contributed by atoms with Crippen molar-refractivity contribution in [2.45, 2.75) is 58.3 Å². The van der Waals surface area contributed by atoms with Crippen LogP contribution < -0.4 is 0 Å². The van der Waals surface area contributed by atoms with Gasteiger partial charge in [0.05, 0.1) is 0 Å². The van der Waals surface area contributed by atoms with Crippen LogP contribution in [0.1, 0.15) is 58.3 Å². The molecule has 102 valence electrons. The zero-order valence-electron chi connectivity index (χ0n) is 11.5. The van der Waals surface area contributed by atoms with Crippen molar-refractivity contribution in [3.05, 3.63) is 36.5 Å². The van der Waals surface area contributed by atoms with E-state index in [2.05, 4.69) is 13.0 Å². The number of unbranched alkanes of at least 4 members (excludes halogenated alkanes) is 7. The Morgan fingerprint density at radius 2 is 1.50 bits per heavy atom. The highest BCUT2D eigenvalue weighted by atomic mass is 16.4. The van der Waals surface area contributed by atoms with E-state index < -0.39 is 5.97 Å². The van der Waals surface area contributed by atoms with Gasteiger partial charge in [0.15, 0.2) is 0 Å². The van der Waals surface area contributed by atoms with E-state index in [1.807, 2.05) is 12.2 Å². The number of carboxylic acid groups (broad SMARTS) is 1. The molecule has 18 heavy (non-hydrogen) atoms. The molecular formula is C16H26O2. The topological polar surface area (TPSA) is 37.3 Å². The fourth-order valence-corrected chi connectivity index (χ4v) is 1.66. The molecule has 0 radical (unpaired) electrons. The maximum atomic E-state index is 10.2. The molecule has 0 saturated heterocycles. The summed E-state index contributed by atoms with van der Waals surface area (Å²) >= 11 is 0. The molecule has 0 saturated carbocycles. The van der Waals surface area contributed by atoms with Gasteiger partial charge in [-0.05, 0) is 12.8 Å². The molecule has 0 atom stereocenters. The summed E-state index contributed by atoms with van der Waals surface area (Å²) in [5.41, 5.74) is 0. The van der Waals surface area contributed by atoms with Gasteiger partial charge in [-0.1, -0.05) is 75.8 Å². The quantitative estimate of drug-likeness (QED) is 0.322. The minimum Gasteiger partial charge on any atom is -0.478 e. The van der Waals surface area contributed by atoms with Crippen molar-refractivity contribution in [2.75, 3.05) is 0 Å². The van der Waals surface area contributed by atoms with Gasteiger partial charge in [0, 0.05) is 6.08 Å². The molecule has 0 spiro atoms. The number of rotatable bonds is 11. The van der Waals surface area contributed by atoms with Crippen LogP contribution in [0, 0.1) is 0 Å². The summed E-state index contributed by atoms with van der Waals surface area (Å²) in [6, 6.07) is 0. The zero-order valence-corrected chi connectivity index (χ0v) is 11.5. The summed E-state index contributed by atoms with van der Waals surface area (Å²) in [4.78, 5) is 10.2. The number of carboxylic acids is 1. The maximum Gasteiger partial charge on any atom is 0.328 e. The number of carbonyl (C=O) groups is 1. The van der Waals surface area contributed by atoms with E-state index in [0.717, 1.165) is 12.5 Å². The molecule has 0 heterocycles. The largest absolute Gasteiger partial charge is 0.478 e. The van der Waals surface area contributed by atoms with Crippen LogP contribution in [-0.4, -0.2) is 11.1 Å². The fourth-order valence-electron chi connectivity index (χ4n) is 1.66. The zero-order chi connectivity index (χ0) is 13.5. The molecule has 0 aliphatic carbocycles. The summed E-state index contributed by atoms with van der Waals surface area (Å²) in [5, 5.41) is 8.35. The van der Waals surface area contributed by atoms with Crippen LogP contribution in [0.5, 0.6) is 0 Å². The van der Waals surface area contributed by atoms with Gasteiger partial charge in [0.25, 0.3) is 0 Å². The Labute approximate surface area is 111 Å². The third-order valence-electron chi connectivity index (χ3n) is 2.68. The van der Waals surface area contributed by atoms with Gasteiger partial charge in [-0.3, -0.25) is 0 Å². The molecule has 0 bridgehead atoms. The third-order valence-corrected chi connectivity index (χ3v) is 2.68. The van der Waals surface area contributed by atoms with Crippen molar-refractivity contribution in [1.82, 2.24) is 0 Å². The van der Waals surface area contributed by atoms with Crippen LogP contribution in [0.4, 0.5) is 0 Å². The van der Waals surface area contributed by atoms with Gasteiger partial charge in [-0.2, -0.15) is 0 Å². The van der Waals surface area contributed by atoms with Crippen LogP contribution in [0.25, 0.3) is 0 Å². The fraction of sp³-hybridized carbons (Fsp3) is 0.562. The lowest BCUT2D eigenvalue weighted by Gasteiger charge is -1.98. The number of allylic oxidation sites excluding steroid dienone is 5. The van der Waals surface area contributed by atoms with E-state index in [1.165, 1.54) is 51.0 Å². The van der Waals surface area contributed by atoms with Crippen molar-refractivity contribution in [3.8, 4) is 0 Å². The van der Waals surface area contributed by atoms with Gasteiger partial charge in [-0.25, -0.2) is 4.79 Å². The van der Waals surface area contributed by atoms with Crippen molar-refractivity contribution in [1.29, 1.82) is 0 Å². The van der Waals surface area contributed by atoms with E-state index in [1.54, 1.807) is 6.08 Å². The molecule has 0 fully saturated rings. The van der Waals surface area contributed by atoms with E-state index >= 15 is 0 Å². The van der Waals surface area contributed by atoms with E-state index in [0.29, 0.717) is 0 Å². The van der Waals surface area contributed by atoms with Crippen molar-refractivity contribution in [2.24, 2.45) is 0 Å². The molecule has 0 aliphatic rings. The predicted octanol–water partition coefficient (Wildman–Crippen LogP) is 4.88. The van der Waals surface area contributed by atoms with Crippen molar-refractivity contribution in [3.63, 3.8) is 0 Å². The number of hydrogen-bond acceptors (Lipinski definition) is 1. The van der Waals surface area contributed by atoms with Crippen LogP contribution in [0.2, 0.25) is 0 Å². The normalized spacial score (nSPS) is 12.1. The Kier molecular flexibility index (Phi) is 12.8. The Balaban J connectivity index is 3.30. The minimum atomic E-state index is -0.910. The van der Waals surface area contributed by atoms with E-state index in [4.69, 9.17) is 5.11 Å². The second-order valence-corrected chi connectivity index (χ2v) is 4.42. The predicted molar refractivity (Wildman–Crippen MR) is 77.7 cm³/mol. The lowest BCUT2D eigenvalue weighted by molar-refractivity contribution is -0.131. The average Bonchev–Trinajstić information content (AvgIpc) is 2.34. The molecule has 2 heteroatoms. The highest BCUT2D eigenvalue weighted by Gasteiger charge is 1.88. The molecule has 0 aromatic carbocycles. The Morgan fingerprint density at radius 1 is 0.889 bits per heavy atom. The molecule has 0 rings (SSSR count). The van der Waals surface area contributed by atoms with Crippen molar-refractivity contribution >= 4 is 5.97 Å². The second kappa shape index (κ2) is 13.8. The van der Waals surface area contributed by atoms with E-state index in [-0.39, 0.29) is 0 Å². The molecule has 0 unspecified atom stereocenters. The number of hydrogen-bond donors (Lipinski definition) is 1. The molecule has 2 nitrogen and oxygen atoms in total. The summed E-state index contributed by atoms with van der Waals surface area (Å²) < 4.78 is 0. The summed E-state index contributed by atoms with van der Waals surface area (Å²) in [6.07, 6.45) is 20.8. The SMILES string of the molecule is CCCCCCCCC\C=C/C=C/C=C/C(=O)O. The molecule has 1 N–H and O–H groups in total. The number of aliphatic carboxylic acids is 1. The van der Waals surface area contributed by atoms with E-state index in [9.17, 15) is 4.79 Å². The standard InChI is InChI=1S/C16H26O2/c1-2-3-4-5-6-7-8-9-10-11-12-13-14-15-16(17)18/h10-15H,2-9H2,1H3,(H,17,18)/b11-10-,13-12+,15-14+. The minimum absolute atomic E-state index is 0.910. The lowest BCUT2D eigenvalue weighted by Crippen LogP contribution is -1.84. The highest BCUT2D eigenvalue weighted by Crippen LogP contribution is 2.08. The monoisotopic (exact) mass is 250 g/mol. The first-order valence-corrected chi connectivity index (χ1v) is 7.00. The van der Waals surface area contributed by atoms with Gasteiger partial charge >= 0.3 is 5.97 Å².